The Morgan fingerprint density at radius 3 is 3.09 bits per heavy atom. The molecule has 0 bridgehead atoms. The van der Waals surface area contributed by atoms with Gasteiger partial charge in [-0.2, -0.15) is 10.2 Å². The van der Waals surface area contributed by atoms with Gasteiger partial charge in [-0.05, 0) is 37.3 Å². The van der Waals surface area contributed by atoms with Gasteiger partial charge in [0, 0.05) is 24.6 Å². The molecule has 1 aliphatic rings. The van der Waals surface area contributed by atoms with E-state index in [1.165, 1.54) is 0 Å². The second-order valence-corrected chi connectivity index (χ2v) is 6.40. The maximum atomic E-state index is 12.7. The summed E-state index contributed by atoms with van der Waals surface area (Å²) in [6, 6.07) is 4.01. The zero-order valence-electron chi connectivity index (χ0n) is 13.2. The average Bonchev–Trinajstić information content (AvgIpc) is 3.19. The lowest BCUT2D eigenvalue weighted by molar-refractivity contribution is 0.0715. The first kappa shape index (κ1) is 14.8. The predicted molar refractivity (Wildman–Crippen MR) is 83.4 cm³/mol. The molecule has 1 aliphatic heterocycles. The van der Waals surface area contributed by atoms with Crippen molar-refractivity contribution in [1.82, 2.24) is 24.9 Å². The lowest BCUT2D eigenvalue weighted by Gasteiger charge is -2.23. The van der Waals surface area contributed by atoms with Crippen LogP contribution in [0.15, 0.2) is 24.5 Å². The summed E-state index contributed by atoms with van der Waals surface area (Å²) in [5, 5.41) is 11.4. The summed E-state index contributed by atoms with van der Waals surface area (Å²) in [5.41, 5.74) is 1.56. The van der Waals surface area contributed by atoms with E-state index in [0.29, 0.717) is 11.6 Å². The summed E-state index contributed by atoms with van der Waals surface area (Å²) in [5.74, 6) is 0.573. The Labute approximate surface area is 130 Å². The Kier molecular flexibility index (Phi) is 4.27. The first-order valence-corrected chi connectivity index (χ1v) is 7.96. The molecule has 0 aromatic carbocycles. The van der Waals surface area contributed by atoms with E-state index < -0.39 is 0 Å². The van der Waals surface area contributed by atoms with Gasteiger partial charge >= 0.3 is 0 Å². The monoisotopic (exact) mass is 301 g/mol. The van der Waals surface area contributed by atoms with Gasteiger partial charge in [0.05, 0.1) is 12.6 Å². The van der Waals surface area contributed by atoms with Gasteiger partial charge in [0.15, 0.2) is 0 Å². The lowest BCUT2D eigenvalue weighted by Crippen LogP contribution is -2.38. The molecule has 1 fully saturated rings. The highest BCUT2D eigenvalue weighted by Crippen LogP contribution is 2.21. The van der Waals surface area contributed by atoms with Crippen molar-refractivity contribution < 1.29 is 4.79 Å². The van der Waals surface area contributed by atoms with Gasteiger partial charge in [0.25, 0.3) is 5.91 Å². The summed E-state index contributed by atoms with van der Waals surface area (Å²) in [4.78, 5) is 14.6. The highest BCUT2D eigenvalue weighted by atomic mass is 16.2. The van der Waals surface area contributed by atoms with Crippen LogP contribution in [0.2, 0.25) is 0 Å². The third kappa shape index (κ3) is 3.21. The largest absolute Gasteiger partial charge is 0.332 e. The third-order valence-corrected chi connectivity index (χ3v) is 4.07. The molecule has 1 amide bonds. The zero-order chi connectivity index (χ0) is 15.5. The molecule has 3 rings (SSSR count). The van der Waals surface area contributed by atoms with Crippen LogP contribution in [0.25, 0.3) is 0 Å². The van der Waals surface area contributed by atoms with Gasteiger partial charge < -0.3 is 4.90 Å². The molecule has 1 unspecified atom stereocenters. The van der Waals surface area contributed by atoms with Crippen molar-refractivity contribution in [3.63, 3.8) is 0 Å². The van der Waals surface area contributed by atoms with E-state index in [9.17, 15) is 4.79 Å². The van der Waals surface area contributed by atoms with Gasteiger partial charge in [-0.25, -0.2) is 0 Å². The Balaban J connectivity index is 1.69. The number of amides is 1. The smallest absolute Gasteiger partial charge is 0.274 e. The fourth-order valence-corrected chi connectivity index (χ4v) is 3.08. The minimum Gasteiger partial charge on any atom is -0.332 e. The number of hydrogen-bond donors (Lipinski definition) is 1. The van der Waals surface area contributed by atoms with E-state index in [2.05, 4.69) is 29.1 Å². The van der Waals surface area contributed by atoms with Crippen LogP contribution in [-0.4, -0.2) is 43.4 Å². The lowest BCUT2D eigenvalue weighted by atomic mass is 10.1. The summed E-state index contributed by atoms with van der Waals surface area (Å²) in [6.45, 7) is 5.87. The van der Waals surface area contributed by atoms with Crippen molar-refractivity contribution in [2.45, 2.75) is 45.7 Å². The molecular formula is C16H23N5O. The molecule has 118 valence electrons. The van der Waals surface area contributed by atoms with Crippen molar-refractivity contribution in [1.29, 1.82) is 0 Å². The number of nitrogens with one attached hydrogen (secondary N) is 1. The molecule has 0 aliphatic carbocycles. The average molecular weight is 301 g/mol. The van der Waals surface area contributed by atoms with E-state index in [-0.39, 0.29) is 11.9 Å². The molecular weight excluding hydrogens is 278 g/mol. The molecule has 6 heteroatoms. The Bertz CT molecular complexity index is 616. The minimum absolute atomic E-state index is 0.0286. The molecule has 0 saturated carbocycles. The van der Waals surface area contributed by atoms with Crippen molar-refractivity contribution in [2.75, 3.05) is 6.54 Å². The highest BCUT2D eigenvalue weighted by molar-refractivity contribution is 5.92. The van der Waals surface area contributed by atoms with Crippen molar-refractivity contribution in [3.05, 3.63) is 35.9 Å². The number of hydrogen-bond acceptors (Lipinski definition) is 3. The molecule has 3 heterocycles. The van der Waals surface area contributed by atoms with Crippen LogP contribution < -0.4 is 0 Å². The summed E-state index contributed by atoms with van der Waals surface area (Å²) in [6.07, 6.45) is 6.69. The normalized spacial score (nSPS) is 18.3. The molecule has 1 atom stereocenters. The van der Waals surface area contributed by atoms with Crippen LogP contribution in [-0.2, 0) is 13.0 Å². The number of H-pyrrole nitrogens is 1. The van der Waals surface area contributed by atoms with E-state index in [0.717, 1.165) is 38.0 Å². The molecule has 2 aromatic heterocycles. The van der Waals surface area contributed by atoms with Gasteiger partial charge in [-0.3, -0.25) is 14.6 Å². The standard InChI is InChI=1S/C16H23N5O/c1-12(2)9-13-10-15(19-18-13)16(22)21-8-3-5-14(21)11-20-7-4-6-17-20/h4,6-7,10,12,14H,3,5,8-9,11H2,1-2H3,(H,18,19). The maximum absolute atomic E-state index is 12.7. The van der Waals surface area contributed by atoms with Crippen LogP contribution >= 0.6 is 0 Å². The number of aromatic nitrogens is 4. The van der Waals surface area contributed by atoms with Gasteiger partial charge in [-0.15, -0.1) is 0 Å². The van der Waals surface area contributed by atoms with Crippen LogP contribution in [0.4, 0.5) is 0 Å². The van der Waals surface area contributed by atoms with E-state index in [1.807, 2.05) is 27.9 Å². The van der Waals surface area contributed by atoms with Crippen LogP contribution in [0, 0.1) is 5.92 Å². The number of rotatable bonds is 5. The van der Waals surface area contributed by atoms with Gasteiger partial charge in [-0.1, -0.05) is 13.8 Å². The fourth-order valence-electron chi connectivity index (χ4n) is 3.08. The number of aromatic amines is 1. The van der Waals surface area contributed by atoms with Crippen LogP contribution in [0.1, 0.15) is 42.9 Å². The number of nitrogens with zero attached hydrogens (tertiary/aromatic N) is 4. The fraction of sp³-hybridized carbons (Fsp3) is 0.562. The molecule has 1 N–H and O–H groups in total. The van der Waals surface area contributed by atoms with Crippen molar-refractivity contribution in [3.8, 4) is 0 Å². The molecule has 1 saturated heterocycles. The summed E-state index contributed by atoms with van der Waals surface area (Å²) < 4.78 is 1.89. The Morgan fingerprint density at radius 2 is 2.36 bits per heavy atom. The van der Waals surface area contributed by atoms with Crippen molar-refractivity contribution >= 4 is 5.91 Å². The summed E-state index contributed by atoms with van der Waals surface area (Å²) in [7, 11) is 0. The second kappa shape index (κ2) is 6.34. The molecule has 0 radical (unpaired) electrons. The highest BCUT2D eigenvalue weighted by Gasteiger charge is 2.31. The topological polar surface area (TPSA) is 66.8 Å². The maximum Gasteiger partial charge on any atom is 0.274 e. The van der Waals surface area contributed by atoms with Crippen molar-refractivity contribution in [2.24, 2.45) is 5.92 Å². The zero-order valence-corrected chi connectivity index (χ0v) is 13.2. The molecule has 6 nitrogen and oxygen atoms in total. The summed E-state index contributed by atoms with van der Waals surface area (Å²) >= 11 is 0. The SMILES string of the molecule is CC(C)Cc1cc(C(=O)N2CCCC2Cn2cccn2)n[nH]1. The number of likely N-dealkylation sites (tertiary alicyclic amines) is 1. The Morgan fingerprint density at radius 1 is 1.50 bits per heavy atom. The predicted octanol–water partition coefficient (Wildman–Crippen LogP) is 2.11. The van der Waals surface area contributed by atoms with Gasteiger partial charge in [0.2, 0.25) is 0 Å². The molecule has 0 spiro atoms. The Hall–Kier alpha value is -2.11. The molecule has 22 heavy (non-hydrogen) atoms. The molecule has 2 aromatic rings. The van der Waals surface area contributed by atoms with Crippen LogP contribution in [0.5, 0.6) is 0 Å². The van der Waals surface area contributed by atoms with Gasteiger partial charge in [0.1, 0.15) is 5.69 Å². The van der Waals surface area contributed by atoms with E-state index in [1.54, 1.807) is 6.20 Å². The number of carbonyl (C=O) groups excluding carboxylic acids is 1. The second-order valence-electron chi connectivity index (χ2n) is 6.40. The van der Waals surface area contributed by atoms with Crippen LogP contribution in [0.3, 0.4) is 0 Å². The van der Waals surface area contributed by atoms with E-state index in [4.69, 9.17) is 0 Å². The number of carbonyl (C=O) groups is 1. The third-order valence-electron chi connectivity index (χ3n) is 4.07. The first-order valence-electron chi connectivity index (χ1n) is 7.96. The minimum atomic E-state index is 0.0286. The quantitative estimate of drug-likeness (QED) is 0.919. The van der Waals surface area contributed by atoms with E-state index >= 15 is 0 Å². The first-order chi connectivity index (χ1) is 10.6.